The Morgan fingerprint density at radius 2 is 1.67 bits per heavy atom. The number of rotatable bonds is 3. The van der Waals surface area contributed by atoms with Crippen molar-refractivity contribution in [2.75, 3.05) is 13.1 Å². The standard InChI is InChI=1S/C33H43NO2/c1-22-15-19-34(20-16-22)31(36)29-12-11-27-26-10-9-25-21-24(30(35)23-7-5-4-6-8-23)13-17-32(25,2)28(26)14-18-33(27,29)3/h4-9,21-22,26-29H,10-20H2,1-3H3/t26-,27-,28-,29+,32-,33-/m0/s1. The molecule has 0 spiro atoms. The van der Waals surface area contributed by atoms with Crippen molar-refractivity contribution >= 4 is 11.7 Å². The Morgan fingerprint density at radius 3 is 2.42 bits per heavy atom. The first-order valence-corrected chi connectivity index (χ1v) is 14.6. The minimum atomic E-state index is 0.155. The van der Waals surface area contributed by atoms with E-state index in [4.69, 9.17) is 0 Å². The minimum Gasteiger partial charge on any atom is -0.342 e. The summed E-state index contributed by atoms with van der Waals surface area (Å²) in [5.74, 6) is 3.64. The van der Waals surface area contributed by atoms with Crippen molar-refractivity contribution < 1.29 is 9.59 Å². The van der Waals surface area contributed by atoms with Crippen LogP contribution < -0.4 is 0 Å². The second-order valence-electron chi connectivity index (χ2n) is 13.2. The summed E-state index contributed by atoms with van der Waals surface area (Å²) in [6.07, 6.45) is 14.8. The molecule has 192 valence electrons. The molecule has 2 saturated carbocycles. The fraction of sp³-hybridized carbons (Fsp3) is 0.636. The van der Waals surface area contributed by atoms with Crippen molar-refractivity contribution in [3.8, 4) is 0 Å². The van der Waals surface area contributed by atoms with Crippen LogP contribution in [0.3, 0.4) is 0 Å². The van der Waals surface area contributed by atoms with Gasteiger partial charge in [0.2, 0.25) is 5.91 Å². The number of hydrogen-bond acceptors (Lipinski definition) is 2. The Labute approximate surface area is 217 Å². The number of hydrogen-bond donors (Lipinski definition) is 0. The zero-order valence-electron chi connectivity index (χ0n) is 22.5. The highest BCUT2D eigenvalue weighted by atomic mass is 16.2. The molecule has 0 unspecified atom stereocenters. The molecule has 0 N–H and O–H groups in total. The van der Waals surface area contributed by atoms with Crippen LogP contribution in [0.1, 0.15) is 88.9 Å². The third-order valence-electron chi connectivity index (χ3n) is 11.5. The maximum absolute atomic E-state index is 13.7. The van der Waals surface area contributed by atoms with E-state index in [1.807, 2.05) is 30.3 Å². The summed E-state index contributed by atoms with van der Waals surface area (Å²) in [5.41, 5.74) is 3.51. The number of Topliss-reactive ketones (excluding diaryl/α,β-unsaturated/α-hetero) is 1. The second kappa shape index (κ2) is 8.99. The van der Waals surface area contributed by atoms with Gasteiger partial charge in [-0.3, -0.25) is 9.59 Å². The number of likely N-dealkylation sites (tertiary alicyclic amines) is 1. The smallest absolute Gasteiger partial charge is 0.226 e. The number of nitrogens with zero attached hydrogens (tertiary/aromatic N) is 1. The van der Waals surface area contributed by atoms with E-state index < -0.39 is 0 Å². The van der Waals surface area contributed by atoms with Crippen LogP contribution in [0.15, 0.2) is 53.6 Å². The van der Waals surface area contributed by atoms with Gasteiger partial charge in [0.1, 0.15) is 0 Å². The minimum absolute atomic E-state index is 0.155. The largest absolute Gasteiger partial charge is 0.342 e. The van der Waals surface area contributed by atoms with Crippen LogP contribution in [0.5, 0.6) is 0 Å². The van der Waals surface area contributed by atoms with Crippen LogP contribution in [0, 0.1) is 40.4 Å². The summed E-state index contributed by atoms with van der Waals surface area (Å²) < 4.78 is 0. The molecule has 3 fully saturated rings. The quantitative estimate of drug-likeness (QED) is 0.423. The van der Waals surface area contributed by atoms with E-state index in [1.165, 1.54) is 24.8 Å². The molecule has 1 saturated heterocycles. The van der Waals surface area contributed by atoms with E-state index in [1.54, 1.807) is 0 Å². The van der Waals surface area contributed by atoms with E-state index in [2.05, 4.69) is 37.8 Å². The predicted molar refractivity (Wildman–Crippen MR) is 144 cm³/mol. The molecule has 1 heterocycles. The number of carbonyl (C=O) groups excluding carboxylic acids is 2. The fourth-order valence-corrected chi connectivity index (χ4v) is 9.13. The first-order valence-electron chi connectivity index (χ1n) is 14.6. The van der Waals surface area contributed by atoms with Gasteiger partial charge in [0.15, 0.2) is 5.78 Å². The van der Waals surface area contributed by atoms with E-state index in [0.29, 0.717) is 23.7 Å². The zero-order valence-corrected chi connectivity index (χ0v) is 22.5. The number of amides is 1. The lowest BCUT2D eigenvalue weighted by molar-refractivity contribution is -0.143. The summed E-state index contributed by atoms with van der Waals surface area (Å²) in [6.45, 7) is 9.19. The SMILES string of the molecule is CC1CCN(C(=O)[C@H]2CC[C@H]3[C@@H]4CC=C5C=C(C(=O)c6ccccc6)CC[C@]5(C)[C@H]4CC[C@]23C)CC1. The Balaban J connectivity index is 1.22. The monoisotopic (exact) mass is 485 g/mol. The first-order chi connectivity index (χ1) is 17.3. The third-order valence-corrected chi connectivity index (χ3v) is 11.5. The predicted octanol–water partition coefficient (Wildman–Crippen LogP) is 7.24. The second-order valence-corrected chi connectivity index (χ2v) is 13.2. The number of fused-ring (bicyclic) bond motifs is 5. The van der Waals surface area contributed by atoms with Gasteiger partial charge >= 0.3 is 0 Å². The third kappa shape index (κ3) is 3.75. The molecule has 4 aliphatic carbocycles. The van der Waals surface area contributed by atoms with Crippen molar-refractivity contribution in [1.29, 1.82) is 0 Å². The van der Waals surface area contributed by atoms with E-state index in [-0.39, 0.29) is 22.5 Å². The Hall–Kier alpha value is -2.16. The van der Waals surface area contributed by atoms with Crippen LogP contribution in [-0.2, 0) is 4.79 Å². The molecule has 6 atom stereocenters. The van der Waals surface area contributed by atoms with Crippen LogP contribution >= 0.6 is 0 Å². The van der Waals surface area contributed by atoms with Crippen molar-refractivity contribution in [3.05, 3.63) is 59.2 Å². The lowest BCUT2D eigenvalue weighted by atomic mass is 9.47. The molecular formula is C33H43NO2. The zero-order chi connectivity index (χ0) is 25.1. The molecule has 1 aromatic rings. The summed E-state index contributed by atoms with van der Waals surface area (Å²) in [7, 11) is 0. The summed E-state index contributed by atoms with van der Waals surface area (Å²) in [4.78, 5) is 29.1. The maximum atomic E-state index is 13.7. The van der Waals surface area contributed by atoms with E-state index >= 15 is 0 Å². The topological polar surface area (TPSA) is 37.4 Å². The van der Waals surface area contributed by atoms with Gasteiger partial charge in [-0.2, -0.15) is 0 Å². The Bertz CT molecular complexity index is 1090. The summed E-state index contributed by atoms with van der Waals surface area (Å²) in [6, 6.07) is 9.75. The van der Waals surface area contributed by atoms with Crippen molar-refractivity contribution in [2.45, 2.75) is 78.6 Å². The molecule has 0 radical (unpaired) electrons. The van der Waals surface area contributed by atoms with Gasteiger partial charge in [-0.1, -0.05) is 63.3 Å². The molecule has 0 aromatic heterocycles. The van der Waals surface area contributed by atoms with Crippen LogP contribution in [-0.4, -0.2) is 29.7 Å². The normalized spacial score (nSPS) is 38.4. The molecule has 3 nitrogen and oxygen atoms in total. The summed E-state index contributed by atoms with van der Waals surface area (Å²) >= 11 is 0. The number of allylic oxidation sites excluding steroid dienone is 4. The van der Waals surface area contributed by atoms with Gasteiger partial charge < -0.3 is 4.90 Å². The molecular weight excluding hydrogens is 442 g/mol. The average Bonchev–Trinajstić information content (AvgIpc) is 3.25. The van der Waals surface area contributed by atoms with Crippen molar-refractivity contribution in [2.24, 2.45) is 40.4 Å². The molecule has 1 amide bonds. The molecule has 5 aliphatic rings. The summed E-state index contributed by atoms with van der Waals surface area (Å²) in [5, 5.41) is 0. The van der Waals surface area contributed by atoms with E-state index in [9.17, 15) is 9.59 Å². The number of benzene rings is 1. The molecule has 0 bridgehead atoms. The first kappa shape index (κ1) is 24.2. The average molecular weight is 486 g/mol. The highest BCUT2D eigenvalue weighted by Crippen LogP contribution is 2.66. The van der Waals surface area contributed by atoms with Gasteiger partial charge in [0.25, 0.3) is 0 Å². The van der Waals surface area contributed by atoms with Gasteiger partial charge in [0, 0.05) is 30.1 Å². The van der Waals surface area contributed by atoms with Crippen LogP contribution in [0.25, 0.3) is 0 Å². The van der Waals surface area contributed by atoms with Gasteiger partial charge in [-0.05, 0) is 97.9 Å². The maximum Gasteiger partial charge on any atom is 0.226 e. The Morgan fingerprint density at radius 1 is 0.917 bits per heavy atom. The van der Waals surface area contributed by atoms with Gasteiger partial charge in [0.05, 0.1) is 0 Å². The van der Waals surface area contributed by atoms with Crippen molar-refractivity contribution in [3.63, 3.8) is 0 Å². The van der Waals surface area contributed by atoms with Gasteiger partial charge in [-0.25, -0.2) is 0 Å². The van der Waals surface area contributed by atoms with Gasteiger partial charge in [-0.15, -0.1) is 0 Å². The number of piperidine rings is 1. The molecule has 6 rings (SSSR count). The number of carbonyl (C=O) groups is 2. The van der Waals surface area contributed by atoms with Crippen molar-refractivity contribution in [1.82, 2.24) is 4.90 Å². The lowest BCUT2D eigenvalue weighted by Gasteiger charge is -2.57. The molecule has 1 aliphatic heterocycles. The lowest BCUT2D eigenvalue weighted by Crippen LogP contribution is -2.52. The van der Waals surface area contributed by atoms with E-state index in [0.717, 1.165) is 68.7 Å². The highest BCUT2D eigenvalue weighted by Gasteiger charge is 2.60. The van der Waals surface area contributed by atoms with Crippen LogP contribution in [0.4, 0.5) is 0 Å². The molecule has 1 aromatic carbocycles. The fourth-order valence-electron chi connectivity index (χ4n) is 9.13. The highest BCUT2D eigenvalue weighted by molar-refractivity contribution is 6.09. The van der Waals surface area contributed by atoms with Crippen LogP contribution in [0.2, 0.25) is 0 Å². The molecule has 3 heteroatoms. The molecule has 36 heavy (non-hydrogen) atoms. The number of ketones is 1. The Kier molecular flexibility index (Phi) is 6.04.